The summed E-state index contributed by atoms with van der Waals surface area (Å²) >= 11 is 6.01. The summed E-state index contributed by atoms with van der Waals surface area (Å²) in [6.45, 7) is 6.99. The van der Waals surface area contributed by atoms with Crippen molar-refractivity contribution in [3.63, 3.8) is 0 Å². The Bertz CT molecular complexity index is 614. The molecule has 0 spiro atoms. The highest BCUT2D eigenvalue weighted by Crippen LogP contribution is 2.27. The minimum absolute atomic E-state index is 0.0230. The van der Waals surface area contributed by atoms with Gasteiger partial charge in [-0.3, -0.25) is 4.68 Å². The minimum Gasteiger partial charge on any atom is -0.380 e. The van der Waals surface area contributed by atoms with Crippen LogP contribution in [0.3, 0.4) is 0 Å². The number of halogens is 2. The Hall–Kier alpha value is -1.55. The van der Waals surface area contributed by atoms with Gasteiger partial charge in [-0.1, -0.05) is 32.4 Å². The third kappa shape index (κ3) is 3.31. The summed E-state index contributed by atoms with van der Waals surface area (Å²) in [6, 6.07) is 4.34. The fourth-order valence-electron chi connectivity index (χ4n) is 2.12. The van der Waals surface area contributed by atoms with Crippen LogP contribution in [0.25, 0.3) is 0 Å². The van der Waals surface area contributed by atoms with Crippen LogP contribution in [0.15, 0.2) is 24.4 Å². The molecular formula is C15H19ClFN3. The highest BCUT2D eigenvalue weighted by molar-refractivity contribution is 6.33. The highest BCUT2D eigenvalue weighted by atomic mass is 35.5. The van der Waals surface area contributed by atoms with Crippen molar-refractivity contribution < 1.29 is 4.39 Å². The van der Waals surface area contributed by atoms with Crippen LogP contribution in [0.1, 0.15) is 32.0 Å². The molecule has 20 heavy (non-hydrogen) atoms. The van der Waals surface area contributed by atoms with Gasteiger partial charge in [-0.15, -0.1) is 0 Å². The van der Waals surface area contributed by atoms with Gasteiger partial charge in [0.15, 0.2) is 0 Å². The van der Waals surface area contributed by atoms with Gasteiger partial charge in [0.2, 0.25) is 0 Å². The summed E-state index contributed by atoms with van der Waals surface area (Å²) in [5, 5.41) is 8.13. The van der Waals surface area contributed by atoms with Gasteiger partial charge in [0.25, 0.3) is 0 Å². The molecule has 0 aliphatic heterocycles. The maximum absolute atomic E-state index is 13.0. The molecule has 0 saturated carbocycles. The van der Waals surface area contributed by atoms with Crippen molar-refractivity contribution >= 4 is 17.3 Å². The van der Waals surface area contributed by atoms with Crippen molar-refractivity contribution in [1.29, 1.82) is 0 Å². The summed E-state index contributed by atoms with van der Waals surface area (Å²) in [5.74, 6) is -0.336. The van der Waals surface area contributed by atoms with E-state index in [0.29, 0.717) is 11.6 Å². The van der Waals surface area contributed by atoms with E-state index in [1.807, 2.05) is 17.9 Å². The summed E-state index contributed by atoms with van der Waals surface area (Å²) in [5.41, 5.74) is 2.85. The second kappa shape index (κ2) is 5.44. The van der Waals surface area contributed by atoms with E-state index < -0.39 is 0 Å². The first-order valence-electron chi connectivity index (χ1n) is 6.49. The lowest BCUT2D eigenvalue weighted by Crippen LogP contribution is -2.16. The maximum Gasteiger partial charge on any atom is 0.124 e. The zero-order valence-corrected chi connectivity index (χ0v) is 12.9. The predicted octanol–water partition coefficient (Wildman–Crippen LogP) is 4.12. The number of benzene rings is 1. The molecule has 0 aliphatic carbocycles. The molecule has 1 aromatic heterocycles. The first-order valence-corrected chi connectivity index (χ1v) is 6.87. The molecule has 1 aromatic carbocycles. The van der Waals surface area contributed by atoms with Gasteiger partial charge in [-0.2, -0.15) is 5.10 Å². The van der Waals surface area contributed by atoms with E-state index in [1.165, 1.54) is 12.1 Å². The lowest BCUT2D eigenvalue weighted by Gasteiger charge is -2.18. The fraction of sp³-hybridized carbons (Fsp3) is 0.400. The van der Waals surface area contributed by atoms with Crippen LogP contribution in [0.5, 0.6) is 0 Å². The number of hydrogen-bond acceptors (Lipinski definition) is 2. The van der Waals surface area contributed by atoms with Crippen molar-refractivity contribution in [2.24, 2.45) is 7.05 Å². The van der Waals surface area contributed by atoms with Crippen LogP contribution in [-0.2, 0) is 19.0 Å². The molecule has 0 radical (unpaired) electrons. The smallest absolute Gasteiger partial charge is 0.124 e. The quantitative estimate of drug-likeness (QED) is 0.923. The van der Waals surface area contributed by atoms with E-state index in [1.54, 1.807) is 6.07 Å². The molecule has 0 atom stereocenters. The molecule has 0 unspecified atom stereocenters. The average Bonchev–Trinajstić information content (AvgIpc) is 2.69. The normalized spacial score (nSPS) is 11.7. The Labute approximate surface area is 123 Å². The van der Waals surface area contributed by atoms with Crippen molar-refractivity contribution in [3.8, 4) is 0 Å². The van der Waals surface area contributed by atoms with Crippen LogP contribution >= 0.6 is 11.6 Å². The van der Waals surface area contributed by atoms with Crippen LogP contribution in [0.2, 0.25) is 5.02 Å². The molecule has 0 aliphatic rings. The first-order chi connectivity index (χ1) is 9.27. The van der Waals surface area contributed by atoms with E-state index in [4.69, 9.17) is 11.6 Å². The summed E-state index contributed by atoms with van der Waals surface area (Å²) < 4.78 is 14.8. The Morgan fingerprint density at radius 2 is 2.05 bits per heavy atom. The zero-order valence-electron chi connectivity index (χ0n) is 12.2. The number of hydrogen-bond donors (Lipinski definition) is 1. The molecule has 1 N–H and O–H groups in total. The monoisotopic (exact) mass is 295 g/mol. The Morgan fingerprint density at radius 3 is 2.65 bits per heavy atom. The SMILES string of the molecule is Cn1cc(CNc2ccc(F)cc2Cl)c(C(C)(C)C)n1. The Morgan fingerprint density at radius 1 is 1.35 bits per heavy atom. The molecule has 1 heterocycles. The lowest BCUT2D eigenvalue weighted by molar-refractivity contribution is 0.549. The van der Waals surface area contributed by atoms with E-state index in [-0.39, 0.29) is 11.2 Å². The third-order valence-corrected chi connectivity index (χ3v) is 3.33. The fourth-order valence-corrected chi connectivity index (χ4v) is 2.36. The van der Waals surface area contributed by atoms with E-state index >= 15 is 0 Å². The molecular weight excluding hydrogens is 277 g/mol. The number of rotatable bonds is 3. The molecule has 3 nitrogen and oxygen atoms in total. The van der Waals surface area contributed by atoms with Gasteiger partial charge in [-0.05, 0) is 18.2 Å². The second-order valence-electron chi connectivity index (χ2n) is 5.90. The molecule has 0 saturated heterocycles. The minimum atomic E-state index is -0.336. The van der Waals surface area contributed by atoms with Crippen LogP contribution in [0.4, 0.5) is 10.1 Å². The molecule has 5 heteroatoms. The summed E-state index contributed by atoms with van der Waals surface area (Å²) in [7, 11) is 1.91. The number of nitrogens with one attached hydrogen (secondary N) is 1. The van der Waals surface area contributed by atoms with Gasteiger partial charge < -0.3 is 5.32 Å². The molecule has 0 amide bonds. The Balaban J connectivity index is 2.19. The van der Waals surface area contributed by atoms with E-state index in [9.17, 15) is 4.39 Å². The van der Waals surface area contributed by atoms with Gasteiger partial charge in [-0.25, -0.2) is 4.39 Å². The number of nitrogens with zero attached hydrogens (tertiary/aromatic N) is 2. The Kier molecular flexibility index (Phi) is 4.04. The predicted molar refractivity (Wildman–Crippen MR) is 80.6 cm³/mol. The van der Waals surface area contributed by atoms with Crippen molar-refractivity contribution in [2.75, 3.05) is 5.32 Å². The average molecular weight is 296 g/mol. The standard InChI is InChI=1S/C15H19ClFN3/c1-15(2,3)14-10(9-20(4)19-14)8-18-13-6-5-11(17)7-12(13)16/h5-7,9,18H,8H2,1-4H3. The topological polar surface area (TPSA) is 29.9 Å². The number of aryl methyl sites for hydroxylation is 1. The van der Waals surface area contributed by atoms with Crippen LogP contribution in [-0.4, -0.2) is 9.78 Å². The molecule has 2 rings (SSSR count). The van der Waals surface area contributed by atoms with Gasteiger partial charge in [0.05, 0.1) is 16.4 Å². The summed E-state index contributed by atoms with van der Waals surface area (Å²) in [4.78, 5) is 0. The van der Waals surface area contributed by atoms with Gasteiger partial charge >= 0.3 is 0 Å². The van der Waals surface area contributed by atoms with Gasteiger partial charge in [0.1, 0.15) is 5.82 Å². The number of aromatic nitrogens is 2. The van der Waals surface area contributed by atoms with Gasteiger partial charge in [0, 0.05) is 30.8 Å². The zero-order chi connectivity index (χ0) is 14.9. The van der Waals surface area contributed by atoms with Crippen molar-refractivity contribution in [2.45, 2.75) is 32.7 Å². The van der Waals surface area contributed by atoms with E-state index in [2.05, 4.69) is 31.2 Å². The number of anilines is 1. The lowest BCUT2D eigenvalue weighted by atomic mass is 9.89. The largest absolute Gasteiger partial charge is 0.380 e. The highest BCUT2D eigenvalue weighted by Gasteiger charge is 2.21. The van der Waals surface area contributed by atoms with Crippen LogP contribution in [0, 0.1) is 5.82 Å². The molecule has 0 fully saturated rings. The van der Waals surface area contributed by atoms with Crippen molar-refractivity contribution in [3.05, 3.63) is 46.5 Å². The summed E-state index contributed by atoms with van der Waals surface area (Å²) in [6.07, 6.45) is 1.99. The van der Waals surface area contributed by atoms with E-state index in [0.717, 1.165) is 16.9 Å². The molecule has 2 aromatic rings. The van der Waals surface area contributed by atoms with Crippen LogP contribution < -0.4 is 5.32 Å². The van der Waals surface area contributed by atoms with Crippen molar-refractivity contribution in [1.82, 2.24) is 9.78 Å². The third-order valence-electron chi connectivity index (χ3n) is 3.02. The second-order valence-corrected chi connectivity index (χ2v) is 6.31. The molecule has 108 valence electrons. The molecule has 0 bridgehead atoms. The first kappa shape index (κ1) is 14.9. The maximum atomic E-state index is 13.0.